The summed E-state index contributed by atoms with van der Waals surface area (Å²) >= 11 is 0. The molecule has 0 saturated heterocycles. The van der Waals surface area contributed by atoms with Gasteiger partial charge in [0.25, 0.3) is 0 Å². The van der Waals surface area contributed by atoms with Crippen LogP contribution in [0.4, 0.5) is 0 Å². The molecule has 0 atom stereocenters. The molecule has 0 N–H and O–H groups in total. The van der Waals surface area contributed by atoms with Crippen molar-refractivity contribution in [3.63, 3.8) is 0 Å². The molecular formula is C49H37N. The number of benzene rings is 7. The minimum absolute atomic E-state index is 0.0807. The van der Waals surface area contributed by atoms with Gasteiger partial charge in [0.05, 0.1) is 11.0 Å². The highest BCUT2D eigenvalue weighted by molar-refractivity contribution is 6.09. The third-order valence-corrected chi connectivity index (χ3v) is 12.5. The van der Waals surface area contributed by atoms with Crippen LogP contribution in [-0.2, 0) is 10.8 Å². The minimum Gasteiger partial charge on any atom is -0.309 e. The Morgan fingerprint density at radius 1 is 0.400 bits per heavy atom. The number of nitrogens with zero attached hydrogens (tertiary/aromatic N) is 1. The first kappa shape index (κ1) is 28.2. The van der Waals surface area contributed by atoms with Crippen LogP contribution in [0.25, 0.3) is 60.9 Å². The van der Waals surface area contributed by atoms with Gasteiger partial charge in [0.1, 0.15) is 0 Å². The van der Waals surface area contributed by atoms with Crippen molar-refractivity contribution in [2.24, 2.45) is 0 Å². The molecular weight excluding hydrogens is 603 g/mol. The summed E-state index contributed by atoms with van der Waals surface area (Å²) in [7, 11) is 0. The number of rotatable bonds is 2. The first-order chi connectivity index (χ1) is 24.3. The summed E-state index contributed by atoms with van der Waals surface area (Å²) in [5.74, 6) is 0.239. The maximum Gasteiger partial charge on any atom is 0.0541 e. The lowest BCUT2D eigenvalue weighted by Gasteiger charge is -2.26. The minimum atomic E-state index is -0.0909. The van der Waals surface area contributed by atoms with E-state index in [1.54, 1.807) is 0 Å². The molecule has 7 aromatic carbocycles. The second-order valence-electron chi connectivity index (χ2n) is 15.7. The van der Waals surface area contributed by atoms with E-state index in [1.165, 1.54) is 99.8 Å². The van der Waals surface area contributed by atoms with Crippen molar-refractivity contribution in [3.8, 4) is 39.1 Å². The summed E-state index contributed by atoms with van der Waals surface area (Å²) < 4.78 is 2.45. The largest absolute Gasteiger partial charge is 0.309 e. The fourth-order valence-electron chi connectivity index (χ4n) is 10.0. The zero-order valence-electron chi connectivity index (χ0n) is 28.9. The first-order valence-corrected chi connectivity index (χ1v) is 18.0. The van der Waals surface area contributed by atoms with Gasteiger partial charge in [-0.1, -0.05) is 137 Å². The van der Waals surface area contributed by atoms with Crippen molar-refractivity contribution < 1.29 is 0 Å². The van der Waals surface area contributed by atoms with E-state index in [1.807, 2.05) is 0 Å². The molecule has 0 radical (unpaired) electrons. The van der Waals surface area contributed by atoms with Crippen molar-refractivity contribution in [2.45, 2.75) is 44.4 Å². The highest BCUT2D eigenvalue weighted by atomic mass is 15.0. The van der Waals surface area contributed by atoms with Gasteiger partial charge in [-0.05, 0) is 109 Å². The quantitative estimate of drug-likeness (QED) is 0.177. The monoisotopic (exact) mass is 639 g/mol. The summed E-state index contributed by atoms with van der Waals surface area (Å²) in [5.41, 5.74) is 21.7. The smallest absolute Gasteiger partial charge is 0.0541 e. The Kier molecular flexibility index (Phi) is 5.37. The van der Waals surface area contributed by atoms with Crippen molar-refractivity contribution in [1.82, 2.24) is 4.57 Å². The van der Waals surface area contributed by atoms with Gasteiger partial charge in [-0.25, -0.2) is 0 Å². The molecule has 1 heteroatoms. The van der Waals surface area contributed by atoms with E-state index in [0.717, 1.165) is 0 Å². The molecule has 3 aliphatic rings. The van der Waals surface area contributed by atoms with E-state index < -0.39 is 0 Å². The maximum atomic E-state index is 2.56. The van der Waals surface area contributed by atoms with Crippen molar-refractivity contribution in [3.05, 3.63) is 185 Å². The van der Waals surface area contributed by atoms with E-state index in [2.05, 4.69) is 178 Å². The molecule has 0 aliphatic heterocycles. The normalized spacial score (nSPS) is 15.8. The van der Waals surface area contributed by atoms with Gasteiger partial charge in [0.2, 0.25) is 0 Å². The molecule has 0 unspecified atom stereocenters. The number of aromatic nitrogens is 1. The Labute approximate surface area is 293 Å². The predicted molar refractivity (Wildman–Crippen MR) is 209 cm³/mol. The van der Waals surface area contributed by atoms with Gasteiger partial charge in [-0.2, -0.15) is 0 Å². The predicted octanol–water partition coefficient (Wildman–Crippen LogP) is 12.6. The molecule has 238 valence electrons. The number of para-hydroxylation sites is 2. The van der Waals surface area contributed by atoms with Crippen LogP contribution in [0.5, 0.6) is 0 Å². The van der Waals surface area contributed by atoms with Crippen LogP contribution in [0.2, 0.25) is 0 Å². The molecule has 8 aromatic rings. The molecule has 50 heavy (non-hydrogen) atoms. The topological polar surface area (TPSA) is 4.93 Å². The highest BCUT2D eigenvalue weighted by Crippen LogP contribution is 2.57. The van der Waals surface area contributed by atoms with Crippen LogP contribution < -0.4 is 0 Å². The number of hydrogen-bond donors (Lipinski definition) is 0. The van der Waals surface area contributed by atoms with Crippen LogP contribution in [0.3, 0.4) is 0 Å². The van der Waals surface area contributed by atoms with Gasteiger partial charge in [-0.3, -0.25) is 0 Å². The highest BCUT2D eigenvalue weighted by Gasteiger charge is 2.42. The summed E-state index contributed by atoms with van der Waals surface area (Å²) in [6.45, 7) is 9.65. The first-order valence-electron chi connectivity index (χ1n) is 18.0. The van der Waals surface area contributed by atoms with E-state index in [0.29, 0.717) is 0 Å². The van der Waals surface area contributed by atoms with Gasteiger partial charge in [0.15, 0.2) is 0 Å². The van der Waals surface area contributed by atoms with Gasteiger partial charge in [-0.15, -0.1) is 0 Å². The average Bonchev–Trinajstić information content (AvgIpc) is 3.80. The Bertz CT molecular complexity index is 2670. The van der Waals surface area contributed by atoms with Crippen LogP contribution in [0.15, 0.2) is 146 Å². The van der Waals surface area contributed by atoms with Crippen LogP contribution >= 0.6 is 0 Å². The number of hydrogen-bond acceptors (Lipinski definition) is 0. The van der Waals surface area contributed by atoms with E-state index in [-0.39, 0.29) is 16.7 Å². The van der Waals surface area contributed by atoms with Crippen LogP contribution in [0.1, 0.15) is 72.6 Å². The number of fused-ring (bicyclic) bond motifs is 12. The SMILES string of the molecule is CC1(C)c2ccc(C3c4ccccc4-c4ccccc43)cc2-c2cc3c(cc21)C(C)(C)c1ccc(-n2c4ccccc4c4ccccc42)cc1-3. The molecule has 1 nitrogen and oxygen atoms in total. The molecule has 11 rings (SSSR count). The molecule has 0 bridgehead atoms. The fourth-order valence-corrected chi connectivity index (χ4v) is 10.0. The summed E-state index contributed by atoms with van der Waals surface area (Å²) in [5, 5.41) is 2.59. The Morgan fingerprint density at radius 3 is 1.48 bits per heavy atom. The second kappa shape index (κ2) is 9.52. The van der Waals surface area contributed by atoms with Gasteiger partial charge < -0.3 is 4.57 Å². The fraction of sp³-hybridized carbons (Fsp3) is 0.143. The Morgan fingerprint density at radius 2 is 0.880 bits per heavy atom. The standard InChI is InChI=1S/C49H37N/c1-48(2)41-23-21-29(47-35-17-7-5-13-31(35)32-14-6-8-18-36(32)47)25-37(41)39-27-40-38-26-30(22-24-42(38)49(3,4)44(40)28-43(39)48)50-45-19-11-9-15-33(45)34-16-10-12-20-46(34)50/h5-28,47H,1-4H3. The Balaban J connectivity index is 1.11. The van der Waals surface area contributed by atoms with Crippen molar-refractivity contribution in [1.29, 1.82) is 0 Å². The summed E-state index contributed by atoms with van der Waals surface area (Å²) in [6.07, 6.45) is 0. The lowest BCUT2D eigenvalue weighted by Crippen LogP contribution is -2.18. The molecule has 1 aromatic heterocycles. The van der Waals surface area contributed by atoms with Crippen LogP contribution in [0, 0.1) is 0 Å². The third-order valence-electron chi connectivity index (χ3n) is 12.5. The Hall–Kier alpha value is -5.66. The molecule has 1 heterocycles. The summed E-state index contributed by atoms with van der Waals surface area (Å²) in [6, 6.07) is 55.2. The van der Waals surface area contributed by atoms with E-state index >= 15 is 0 Å². The zero-order chi connectivity index (χ0) is 33.5. The van der Waals surface area contributed by atoms with Crippen LogP contribution in [-0.4, -0.2) is 4.57 Å². The average molecular weight is 640 g/mol. The van der Waals surface area contributed by atoms with Crippen molar-refractivity contribution >= 4 is 21.8 Å². The molecule has 0 spiro atoms. The maximum absolute atomic E-state index is 2.56. The van der Waals surface area contributed by atoms with Gasteiger partial charge >= 0.3 is 0 Å². The third kappa shape index (κ3) is 3.47. The second-order valence-corrected chi connectivity index (χ2v) is 15.7. The lowest BCUT2D eigenvalue weighted by atomic mass is 9.77. The van der Waals surface area contributed by atoms with E-state index in [9.17, 15) is 0 Å². The van der Waals surface area contributed by atoms with E-state index in [4.69, 9.17) is 0 Å². The molecule has 0 saturated carbocycles. The van der Waals surface area contributed by atoms with Gasteiger partial charge in [0, 0.05) is 33.2 Å². The summed E-state index contributed by atoms with van der Waals surface area (Å²) in [4.78, 5) is 0. The van der Waals surface area contributed by atoms with Crippen molar-refractivity contribution in [2.75, 3.05) is 0 Å². The molecule has 0 fully saturated rings. The molecule has 3 aliphatic carbocycles. The lowest BCUT2D eigenvalue weighted by molar-refractivity contribution is 0.639. The molecule has 0 amide bonds. The zero-order valence-corrected chi connectivity index (χ0v) is 28.9.